The number of hydrogen-bond acceptors (Lipinski definition) is 7. The maximum atomic E-state index is 9.00. The summed E-state index contributed by atoms with van der Waals surface area (Å²) < 4.78 is 5.46. The van der Waals surface area contributed by atoms with Gasteiger partial charge in [-0.3, -0.25) is 4.90 Å². The lowest BCUT2D eigenvalue weighted by molar-refractivity contribution is 0.0331. The lowest BCUT2D eigenvalue weighted by Crippen LogP contribution is -2.36. The van der Waals surface area contributed by atoms with Gasteiger partial charge in [0, 0.05) is 31.6 Å². The molecule has 0 radical (unpaired) electrons. The Morgan fingerprint density at radius 1 is 1.33 bits per heavy atom. The molecule has 0 amide bonds. The van der Waals surface area contributed by atoms with E-state index in [2.05, 4.69) is 22.8 Å². The predicted molar refractivity (Wildman–Crippen MR) is 108 cm³/mol. The van der Waals surface area contributed by atoms with Crippen LogP contribution < -0.4 is 4.90 Å². The van der Waals surface area contributed by atoms with Gasteiger partial charge < -0.3 is 9.64 Å². The molecule has 6 nitrogen and oxygen atoms in total. The van der Waals surface area contributed by atoms with Crippen molar-refractivity contribution in [1.82, 2.24) is 14.9 Å². The number of thiophene rings is 1. The fraction of sp³-hybridized carbons (Fsp3) is 0.650. The highest BCUT2D eigenvalue weighted by atomic mass is 32.1. The van der Waals surface area contributed by atoms with Gasteiger partial charge in [-0.25, -0.2) is 9.97 Å². The van der Waals surface area contributed by atoms with E-state index < -0.39 is 0 Å². The zero-order chi connectivity index (χ0) is 18.8. The van der Waals surface area contributed by atoms with Crippen LogP contribution in [0.15, 0.2) is 0 Å². The number of anilines is 1. The van der Waals surface area contributed by atoms with Crippen molar-refractivity contribution in [1.29, 1.82) is 5.26 Å². The average molecular weight is 386 g/mol. The number of morpholine rings is 1. The minimum absolute atomic E-state index is 0.504. The largest absolute Gasteiger partial charge is 0.379 e. The summed E-state index contributed by atoms with van der Waals surface area (Å²) >= 11 is 1.85. The summed E-state index contributed by atoms with van der Waals surface area (Å²) in [4.78, 5) is 17.0. The minimum atomic E-state index is 0.504. The second-order valence-electron chi connectivity index (χ2n) is 7.71. The Kier molecular flexibility index (Phi) is 5.58. The van der Waals surface area contributed by atoms with Crippen LogP contribution >= 0.6 is 11.3 Å². The van der Waals surface area contributed by atoms with Gasteiger partial charge in [-0.05, 0) is 30.7 Å². The van der Waals surface area contributed by atoms with E-state index in [-0.39, 0.29) is 0 Å². The number of rotatable bonds is 5. The van der Waals surface area contributed by atoms with Crippen LogP contribution in [0.1, 0.15) is 36.0 Å². The molecule has 27 heavy (non-hydrogen) atoms. The van der Waals surface area contributed by atoms with Crippen molar-refractivity contribution in [2.24, 2.45) is 5.92 Å². The molecule has 0 unspecified atom stereocenters. The zero-order valence-corrected chi connectivity index (χ0v) is 17.0. The minimum Gasteiger partial charge on any atom is -0.379 e. The van der Waals surface area contributed by atoms with Gasteiger partial charge in [0.05, 0.1) is 37.6 Å². The van der Waals surface area contributed by atoms with Crippen LogP contribution in [0.2, 0.25) is 0 Å². The number of nitriles is 1. The van der Waals surface area contributed by atoms with Crippen LogP contribution in [-0.4, -0.2) is 54.8 Å². The first-order valence-electron chi connectivity index (χ1n) is 9.85. The number of aromatic nitrogens is 2. The Balaban J connectivity index is 1.73. The molecule has 0 spiro atoms. The van der Waals surface area contributed by atoms with Gasteiger partial charge in [-0.15, -0.1) is 11.3 Å². The third kappa shape index (κ3) is 3.93. The summed E-state index contributed by atoms with van der Waals surface area (Å²) in [5.41, 5.74) is 1.45. The monoisotopic (exact) mass is 385 g/mol. The Labute approximate surface area is 164 Å². The Hall–Kier alpha value is -1.75. The maximum absolute atomic E-state index is 9.00. The molecule has 2 aliphatic rings. The number of hydrogen-bond donors (Lipinski definition) is 0. The zero-order valence-electron chi connectivity index (χ0n) is 16.2. The van der Waals surface area contributed by atoms with Gasteiger partial charge in [0.25, 0.3) is 0 Å². The fourth-order valence-electron chi connectivity index (χ4n) is 4.00. The molecule has 1 fully saturated rings. The molecule has 1 saturated heterocycles. The van der Waals surface area contributed by atoms with Crippen LogP contribution in [0, 0.1) is 17.2 Å². The molecular weight excluding hydrogens is 358 g/mol. The molecule has 2 aromatic rings. The standard InChI is InChI=1S/C20H27N5OS/c1-14-4-5-15-16(12-14)27-20-18(15)19(24(2)7-3-6-21)22-17(23-20)13-25-8-10-26-11-9-25/h14H,3-5,7-13H2,1-2H3/t14-/m0/s1. The van der Waals surface area contributed by atoms with Crippen molar-refractivity contribution >= 4 is 27.4 Å². The van der Waals surface area contributed by atoms with Crippen molar-refractivity contribution in [2.45, 2.75) is 39.2 Å². The third-order valence-electron chi connectivity index (χ3n) is 5.57. The molecule has 1 aliphatic carbocycles. The number of fused-ring (bicyclic) bond motifs is 3. The van der Waals surface area contributed by atoms with E-state index in [9.17, 15) is 0 Å². The average Bonchev–Trinajstić information content (AvgIpc) is 3.03. The first-order chi connectivity index (χ1) is 13.2. The van der Waals surface area contributed by atoms with Gasteiger partial charge in [0.1, 0.15) is 16.5 Å². The van der Waals surface area contributed by atoms with Crippen molar-refractivity contribution in [2.75, 3.05) is 44.8 Å². The SMILES string of the molecule is C[C@H]1CCc2c(sc3nc(CN4CCOCC4)nc(N(C)CCC#N)c23)C1. The second kappa shape index (κ2) is 8.09. The highest BCUT2D eigenvalue weighted by molar-refractivity contribution is 7.19. The second-order valence-corrected chi connectivity index (χ2v) is 8.80. The Morgan fingerprint density at radius 3 is 2.93 bits per heavy atom. The third-order valence-corrected chi connectivity index (χ3v) is 6.72. The number of nitrogens with zero attached hydrogens (tertiary/aromatic N) is 5. The summed E-state index contributed by atoms with van der Waals surface area (Å²) in [6.07, 6.45) is 4.00. The van der Waals surface area contributed by atoms with Crippen LogP contribution in [0.25, 0.3) is 10.2 Å². The molecule has 3 heterocycles. The van der Waals surface area contributed by atoms with Gasteiger partial charge in [-0.2, -0.15) is 5.26 Å². The van der Waals surface area contributed by atoms with E-state index >= 15 is 0 Å². The van der Waals surface area contributed by atoms with Crippen molar-refractivity contribution < 1.29 is 4.74 Å². The molecule has 2 aromatic heterocycles. The summed E-state index contributed by atoms with van der Waals surface area (Å²) in [5.74, 6) is 2.63. The van der Waals surface area contributed by atoms with E-state index in [0.29, 0.717) is 13.0 Å². The van der Waals surface area contributed by atoms with E-state index in [1.807, 2.05) is 18.4 Å². The van der Waals surface area contributed by atoms with E-state index in [4.69, 9.17) is 20.0 Å². The lowest BCUT2D eigenvalue weighted by atomic mass is 9.89. The molecule has 0 N–H and O–H groups in total. The summed E-state index contributed by atoms with van der Waals surface area (Å²) in [5, 5.41) is 10.2. The molecule has 0 saturated carbocycles. The molecule has 4 rings (SSSR count). The van der Waals surface area contributed by atoms with Crippen LogP contribution in [0.4, 0.5) is 5.82 Å². The fourth-order valence-corrected chi connectivity index (χ4v) is 5.39. The van der Waals surface area contributed by atoms with Gasteiger partial charge in [0.15, 0.2) is 0 Å². The highest BCUT2D eigenvalue weighted by Crippen LogP contribution is 2.40. The predicted octanol–water partition coefficient (Wildman–Crippen LogP) is 3.00. The lowest BCUT2D eigenvalue weighted by Gasteiger charge is -2.26. The normalized spacial score (nSPS) is 20.4. The van der Waals surface area contributed by atoms with Crippen LogP contribution in [0.5, 0.6) is 0 Å². The summed E-state index contributed by atoms with van der Waals surface area (Å²) in [6, 6.07) is 2.25. The first kappa shape index (κ1) is 18.6. The summed E-state index contributed by atoms with van der Waals surface area (Å²) in [6.45, 7) is 7.21. The van der Waals surface area contributed by atoms with E-state index in [1.54, 1.807) is 0 Å². The smallest absolute Gasteiger partial charge is 0.146 e. The molecule has 0 bridgehead atoms. The number of ether oxygens (including phenoxy) is 1. The highest BCUT2D eigenvalue weighted by Gasteiger charge is 2.25. The number of aryl methyl sites for hydroxylation is 1. The Bertz CT molecular complexity index is 852. The summed E-state index contributed by atoms with van der Waals surface area (Å²) in [7, 11) is 2.05. The molecule has 1 aliphatic heterocycles. The molecule has 1 atom stereocenters. The molecule has 0 aromatic carbocycles. The molecule has 7 heteroatoms. The topological polar surface area (TPSA) is 65.3 Å². The van der Waals surface area contributed by atoms with E-state index in [0.717, 1.165) is 68.1 Å². The molecule has 144 valence electrons. The van der Waals surface area contributed by atoms with Crippen LogP contribution in [-0.2, 0) is 24.1 Å². The maximum Gasteiger partial charge on any atom is 0.146 e. The Morgan fingerprint density at radius 2 is 2.15 bits per heavy atom. The van der Waals surface area contributed by atoms with Crippen LogP contribution in [0.3, 0.4) is 0 Å². The van der Waals surface area contributed by atoms with Crippen molar-refractivity contribution in [3.63, 3.8) is 0 Å². The molecular formula is C20H27N5OS. The van der Waals surface area contributed by atoms with Gasteiger partial charge >= 0.3 is 0 Å². The van der Waals surface area contributed by atoms with Crippen molar-refractivity contribution in [3.05, 3.63) is 16.3 Å². The first-order valence-corrected chi connectivity index (χ1v) is 10.7. The van der Waals surface area contributed by atoms with Gasteiger partial charge in [0.2, 0.25) is 0 Å². The van der Waals surface area contributed by atoms with E-state index in [1.165, 1.54) is 22.2 Å². The van der Waals surface area contributed by atoms with Crippen molar-refractivity contribution in [3.8, 4) is 6.07 Å². The van der Waals surface area contributed by atoms with Gasteiger partial charge in [-0.1, -0.05) is 6.92 Å². The quantitative estimate of drug-likeness (QED) is 0.788.